The zero-order valence-electron chi connectivity index (χ0n) is 14.2. The number of aliphatic hydroxyl groups is 1. The fourth-order valence-corrected chi connectivity index (χ4v) is 4.74. The summed E-state index contributed by atoms with van der Waals surface area (Å²) in [5.41, 5.74) is 0.703. The predicted molar refractivity (Wildman–Crippen MR) is 92.2 cm³/mol. The third-order valence-electron chi connectivity index (χ3n) is 4.72. The fourth-order valence-electron chi connectivity index (χ4n) is 3.22. The molecule has 1 aromatic rings. The quantitative estimate of drug-likeness (QED) is 0.719. The zero-order valence-corrected chi connectivity index (χ0v) is 15.0. The van der Waals surface area contributed by atoms with Gasteiger partial charge in [-0.3, -0.25) is 4.79 Å². The number of hydrogen-bond acceptors (Lipinski definition) is 6. The lowest BCUT2D eigenvalue weighted by Gasteiger charge is -2.35. The summed E-state index contributed by atoms with van der Waals surface area (Å²) >= 11 is 0. The Morgan fingerprint density at radius 2 is 1.92 bits per heavy atom. The van der Waals surface area contributed by atoms with Gasteiger partial charge in [0.25, 0.3) is 0 Å². The van der Waals surface area contributed by atoms with Crippen LogP contribution in [0.25, 0.3) is 0 Å². The summed E-state index contributed by atoms with van der Waals surface area (Å²) in [6.07, 6.45) is 0.674. The van der Waals surface area contributed by atoms with E-state index >= 15 is 0 Å². The van der Waals surface area contributed by atoms with Gasteiger partial charge in [-0.05, 0) is 24.6 Å². The van der Waals surface area contributed by atoms with E-state index in [1.807, 2.05) is 4.90 Å². The molecule has 2 heterocycles. The largest absolute Gasteiger partial charge is 0.495 e. The molecule has 0 aromatic heterocycles. The summed E-state index contributed by atoms with van der Waals surface area (Å²) < 4.78 is 32.3. The monoisotopic (exact) mass is 369 g/mol. The molecule has 0 saturated carbocycles. The van der Waals surface area contributed by atoms with Gasteiger partial charge in [0.1, 0.15) is 5.75 Å². The Hall–Kier alpha value is -1.84. The van der Waals surface area contributed by atoms with Gasteiger partial charge < -0.3 is 19.6 Å². The van der Waals surface area contributed by atoms with Crippen LogP contribution < -0.4 is 9.64 Å². The van der Waals surface area contributed by atoms with Crippen molar-refractivity contribution in [3.63, 3.8) is 0 Å². The van der Waals surface area contributed by atoms with Gasteiger partial charge in [0.05, 0.1) is 23.8 Å². The summed E-state index contributed by atoms with van der Waals surface area (Å²) in [6.45, 7) is 2.84. The van der Waals surface area contributed by atoms with E-state index in [9.17, 15) is 18.3 Å². The number of methoxy groups -OCH3 is 1. The molecule has 2 aliphatic heterocycles. The Balaban J connectivity index is 1.89. The number of benzene rings is 1. The Kier molecular flexibility index (Phi) is 5.16. The van der Waals surface area contributed by atoms with Gasteiger partial charge in [-0.15, -0.1) is 0 Å². The predicted octanol–water partition coefficient (Wildman–Crippen LogP) is -0.271. The number of β-amino-alcohol motifs (C(OH)–C–C–N with tert-alkyl or cyclic N) is 1. The highest BCUT2D eigenvalue weighted by molar-refractivity contribution is 7.89. The molecule has 138 valence electrons. The van der Waals surface area contributed by atoms with Crippen LogP contribution in [0.4, 0.5) is 5.69 Å². The van der Waals surface area contributed by atoms with Crippen LogP contribution in [0.5, 0.6) is 5.75 Å². The molecule has 0 aliphatic carbocycles. The second kappa shape index (κ2) is 7.19. The third kappa shape index (κ3) is 3.58. The van der Waals surface area contributed by atoms with Crippen LogP contribution in [-0.4, -0.2) is 81.6 Å². The molecule has 9 heteroatoms. The molecule has 2 saturated heterocycles. The molecule has 1 aromatic carbocycles. The number of carbonyl (C=O) groups excluding carboxylic acids is 1. The number of anilines is 1. The number of sulfonamides is 1. The van der Waals surface area contributed by atoms with Crippen molar-refractivity contribution in [1.82, 2.24) is 9.21 Å². The van der Waals surface area contributed by atoms with Gasteiger partial charge in [0.15, 0.2) is 0 Å². The Morgan fingerprint density at radius 3 is 2.48 bits per heavy atom. The van der Waals surface area contributed by atoms with Crippen molar-refractivity contribution in [2.24, 2.45) is 0 Å². The summed E-state index contributed by atoms with van der Waals surface area (Å²) in [6, 6.07) is 4.81. The van der Waals surface area contributed by atoms with Crippen molar-refractivity contribution in [3.8, 4) is 5.75 Å². The summed E-state index contributed by atoms with van der Waals surface area (Å²) in [5.74, 6) is 0.597. The smallest absolute Gasteiger partial charge is 0.243 e. The van der Waals surface area contributed by atoms with E-state index in [2.05, 4.69) is 0 Å². The van der Waals surface area contributed by atoms with Crippen LogP contribution in [0.2, 0.25) is 0 Å². The van der Waals surface area contributed by atoms with Crippen molar-refractivity contribution in [3.05, 3.63) is 18.2 Å². The molecule has 1 unspecified atom stereocenters. The van der Waals surface area contributed by atoms with Crippen molar-refractivity contribution >= 4 is 22.1 Å². The van der Waals surface area contributed by atoms with Gasteiger partial charge >= 0.3 is 0 Å². The molecule has 0 radical (unpaired) electrons. The second-order valence-corrected chi connectivity index (χ2v) is 8.21. The van der Waals surface area contributed by atoms with E-state index < -0.39 is 16.1 Å². The highest BCUT2D eigenvalue weighted by atomic mass is 32.2. The SMILES string of the molecule is COc1ccc(S(=O)(=O)N2CCC(O)C2)cc1N1CCN(C=O)CC1. The third-order valence-corrected chi connectivity index (χ3v) is 6.58. The first kappa shape index (κ1) is 18.0. The van der Waals surface area contributed by atoms with Gasteiger partial charge in [-0.25, -0.2) is 8.42 Å². The van der Waals surface area contributed by atoms with Gasteiger partial charge in [0, 0.05) is 39.3 Å². The minimum absolute atomic E-state index is 0.127. The maximum absolute atomic E-state index is 12.8. The fraction of sp³-hybridized carbons (Fsp3) is 0.562. The average Bonchev–Trinajstić information content (AvgIpc) is 3.08. The van der Waals surface area contributed by atoms with Crippen LogP contribution in [0, 0.1) is 0 Å². The first-order valence-corrected chi connectivity index (χ1v) is 9.70. The van der Waals surface area contributed by atoms with E-state index in [-0.39, 0.29) is 11.4 Å². The number of nitrogens with zero attached hydrogens (tertiary/aromatic N) is 3. The first-order valence-electron chi connectivity index (χ1n) is 8.26. The standard InChI is InChI=1S/C16H23N3O5S/c1-24-16-3-2-14(25(22,23)19-5-4-13(21)11-19)10-15(16)18-8-6-17(12-20)7-9-18/h2-3,10,12-13,21H,4-9,11H2,1H3. The molecular formula is C16H23N3O5S. The second-order valence-electron chi connectivity index (χ2n) is 6.27. The van der Waals surface area contributed by atoms with E-state index in [0.29, 0.717) is 50.6 Å². The summed E-state index contributed by atoms with van der Waals surface area (Å²) in [4.78, 5) is 14.8. The number of hydrogen-bond donors (Lipinski definition) is 1. The van der Waals surface area contributed by atoms with Gasteiger partial charge in [-0.2, -0.15) is 4.31 Å². The normalized spacial score (nSPS) is 22.2. The molecule has 2 fully saturated rings. The summed E-state index contributed by atoms with van der Waals surface area (Å²) in [5, 5.41) is 9.63. The van der Waals surface area contributed by atoms with Crippen molar-refractivity contribution in [2.45, 2.75) is 17.4 Å². The van der Waals surface area contributed by atoms with E-state index in [4.69, 9.17) is 4.74 Å². The lowest BCUT2D eigenvalue weighted by molar-refractivity contribution is -0.118. The number of carbonyl (C=O) groups is 1. The highest BCUT2D eigenvalue weighted by Gasteiger charge is 2.32. The molecule has 0 spiro atoms. The minimum atomic E-state index is -3.65. The number of piperazine rings is 1. The molecule has 1 atom stereocenters. The van der Waals surface area contributed by atoms with Crippen LogP contribution in [0.1, 0.15) is 6.42 Å². The number of rotatable bonds is 5. The molecular weight excluding hydrogens is 346 g/mol. The Bertz CT molecular complexity index is 731. The average molecular weight is 369 g/mol. The molecule has 0 bridgehead atoms. The molecule has 1 amide bonds. The minimum Gasteiger partial charge on any atom is -0.495 e. The zero-order chi connectivity index (χ0) is 18.0. The molecule has 25 heavy (non-hydrogen) atoms. The molecule has 2 aliphatic rings. The summed E-state index contributed by atoms with van der Waals surface area (Å²) in [7, 11) is -2.10. The van der Waals surface area contributed by atoms with Crippen molar-refractivity contribution < 1.29 is 23.1 Å². The first-order chi connectivity index (χ1) is 12.0. The van der Waals surface area contributed by atoms with E-state index in [1.165, 1.54) is 10.4 Å². The topological polar surface area (TPSA) is 90.4 Å². The van der Waals surface area contributed by atoms with Crippen LogP contribution in [0.3, 0.4) is 0 Å². The number of amides is 1. The lowest BCUT2D eigenvalue weighted by atomic mass is 10.2. The lowest BCUT2D eigenvalue weighted by Crippen LogP contribution is -2.45. The molecule has 3 rings (SSSR count). The van der Waals surface area contributed by atoms with Gasteiger partial charge in [-0.1, -0.05) is 0 Å². The molecule has 8 nitrogen and oxygen atoms in total. The number of aliphatic hydroxyl groups excluding tert-OH is 1. The molecule has 1 N–H and O–H groups in total. The van der Waals surface area contributed by atoms with Crippen molar-refractivity contribution in [1.29, 1.82) is 0 Å². The Labute approximate surface area is 147 Å². The maximum atomic E-state index is 12.8. The van der Waals surface area contributed by atoms with E-state index in [1.54, 1.807) is 24.1 Å². The van der Waals surface area contributed by atoms with Gasteiger partial charge in [0.2, 0.25) is 16.4 Å². The maximum Gasteiger partial charge on any atom is 0.243 e. The number of ether oxygens (including phenoxy) is 1. The van der Waals surface area contributed by atoms with Crippen molar-refractivity contribution in [2.75, 3.05) is 51.3 Å². The van der Waals surface area contributed by atoms with E-state index in [0.717, 1.165) is 6.41 Å². The Morgan fingerprint density at radius 1 is 1.20 bits per heavy atom. The highest BCUT2D eigenvalue weighted by Crippen LogP contribution is 2.33. The van der Waals surface area contributed by atoms with Crippen LogP contribution in [0.15, 0.2) is 23.1 Å². The van der Waals surface area contributed by atoms with Crippen LogP contribution >= 0.6 is 0 Å². The van der Waals surface area contributed by atoms with Crippen LogP contribution in [-0.2, 0) is 14.8 Å².